The van der Waals surface area contributed by atoms with Crippen LogP contribution in [0.1, 0.15) is 43.0 Å². The summed E-state index contributed by atoms with van der Waals surface area (Å²) in [5.41, 5.74) is 31.2. The zero-order chi connectivity index (χ0) is 76.3. The Bertz CT molecular complexity index is 6880. The van der Waals surface area contributed by atoms with Gasteiger partial charge in [0.05, 0.1) is 37.8 Å². The fourth-order valence-electron chi connectivity index (χ4n) is 15.8. The van der Waals surface area contributed by atoms with Crippen LogP contribution in [0.15, 0.2) is 347 Å². The van der Waals surface area contributed by atoms with Gasteiger partial charge in [0.25, 0.3) is 17.5 Å². The summed E-state index contributed by atoms with van der Waals surface area (Å²) in [5, 5.41) is 0. The van der Waals surface area contributed by atoms with Crippen molar-refractivity contribution in [2.75, 3.05) is 0 Å². The van der Waals surface area contributed by atoms with E-state index in [1.165, 1.54) is 38.9 Å². The van der Waals surface area contributed by atoms with Crippen molar-refractivity contribution >= 4 is 66.4 Å². The molecule has 0 spiro atoms. The van der Waals surface area contributed by atoms with Gasteiger partial charge in [-0.15, -0.1) is 0 Å². The highest BCUT2D eigenvalue weighted by atomic mass is 16.4. The van der Waals surface area contributed by atoms with Crippen molar-refractivity contribution in [2.45, 2.75) is 47.0 Å². The Labute approximate surface area is 650 Å². The highest BCUT2D eigenvalue weighted by Crippen LogP contribution is 2.40. The molecule has 0 aliphatic rings. The molecule has 20 rings (SSSR count). The van der Waals surface area contributed by atoms with Crippen molar-refractivity contribution in [2.24, 2.45) is 21.1 Å². The van der Waals surface area contributed by atoms with E-state index in [-0.39, 0.29) is 5.41 Å². The third-order valence-corrected chi connectivity index (χ3v) is 21.5. The third kappa shape index (κ3) is 12.8. The second kappa shape index (κ2) is 28.8. The van der Waals surface area contributed by atoms with Crippen LogP contribution < -0.4 is 13.7 Å². The Morgan fingerprint density at radius 3 is 0.946 bits per heavy atom. The highest BCUT2D eigenvalue weighted by molar-refractivity contribution is 5.91. The molecule has 0 N–H and O–H groups in total. The van der Waals surface area contributed by atoms with E-state index in [9.17, 15) is 0 Å². The van der Waals surface area contributed by atoms with E-state index in [1.54, 1.807) is 0 Å². The maximum Gasteiger partial charge on any atom is 0.295 e. The number of hydrogen-bond donors (Lipinski definition) is 0. The van der Waals surface area contributed by atoms with Crippen molar-refractivity contribution < 1.29 is 27.0 Å². The molecule has 0 aliphatic heterocycles. The van der Waals surface area contributed by atoms with Crippen LogP contribution in [0.2, 0.25) is 0 Å². The lowest BCUT2D eigenvalue weighted by molar-refractivity contribution is -0.634. The maximum atomic E-state index is 6.29. The molecule has 0 saturated carbocycles. The second-order valence-electron chi connectivity index (χ2n) is 29.8. The van der Waals surface area contributed by atoms with Gasteiger partial charge in [-0.05, 0) is 205 Å². The van der Waals surface area contributed by atoms with Gasteiger partial charge in [0, 0.05) is 22.3 Å². The number of aryl methyl sites for hydroxylation is 6. The molecule has 542 valence electrons. The normalized spacial score (nSPS) is 11.6. The Balaban J connectivity index is 0.000000117. The number of fused-ring (bicyclic) bond motifs is 6. The molecule has 0 unspecified atom stereocenters. The Hall–Kier alpha value is -14.1. The minimum atomic E-state index is 0.106. The van der Waals surface area contributed by atoms with Crippen LogP contribution >= 0.6 is 0 Å². The molecule has 6 heterocycles. The smallest absolute Gasteiger partial charge is 0.295 e. The van der Waals surface area contributed by atoms with Crippen molar-refractivity contribution in [3.8, 4) is 108 Å². The number of hydrogen-bond acceptors (Lipinski definition) is 6. The fourth-order valence-corrected chi connectivity index (χ4v) is 15.8. The highest BCUT2D eigenvalue weighted by Gasteiger charge is 2.33. The first-order chi connectivity index (χ1) is 54.7. The summed E-state index contributed by atoms with van der Waals surface area (Å²) in [6.07, 6.45) is 0. The molecule has 0 atom stereocenters. The Kier molecular flexibility index (Phi) is 17.9. The van der Waals surface area contributed by atoms with Gasteiger partial charge in [-0.2, -0.15) is 13.7 Å². The zero-order valence-corrected chi connectivity index (χ0v) is 64.0. The molecular formula is C100H82N9O3+3. The van der Waals surface area contributed by atoms with Gasteiger partial charge in [0.2, 0.25) is 17.7 Å². The molecule has 0 fully saturated rings. The van der Waals surface area contributed by atoms with E-state index >= 15 is 0 Å². The molecule has 112 heavy (non-hydrogen) atoms. The number of benzene rings is 14. The largest absolute Gasteiger partial charge is 0.436 e. The number of nitrogens with zero attached hydrogens (tertiary/aromatic N) is 9. The fraction of sp³-hybridized carbons (Fsp3) is 0.100. The molecule has 12 heteroatoms. The first-order valence-corrected chi connectivity index (χ1v) is 38.0. The van der Waals surface area contributed by atoms with Gasteiger partial charge >= 0.3 is 0 Å². The minimum Gasteiger partial charge on any atom is -0.436 e. The monoisotopic (exact) mass is 1460 g/mol. The first-order valence-electron chi connectivity index (χ1n) is 38.0. The van der Waals surface area contributed by atoms with Crippen LogP contribution in [0, 0.1) is 20.8 Å². The predicted octanol–water partition coefficient (Wildman–Crippen LogP) is 23.3. The van der Waals surface area contributed by atoms with Crippen LogP contribution in [0.25, 0.3) is 174 Å². The molecule has 0 saturated heterocycles. The number of imidazole rings is 3. The molecule has 0 aliphatic carbocycles. The molecule has 0 amide bonds. The van der Waals surface area contributed by atoms with Crippen LogP contribution in [0.3, 0.4) is 0 Å². The zero-order valence-electron chi connectivity index (χ0n) is 64.0. The molecule has 6 aromatic heterocycles. The quantitative estimate of drug-likeness (QED) is 0.120. The van der Waals surface area contributed by atoms with Crippen molar-refractivity contribution in [3.63, 3.8) is 0 Å². The number of rotatable bonds is 11. The number of aromatic nitrogens is 9. The van der Waals surface area contributed by atoms with Gasteiger partial charge in [0.1, 0.15) is 33.6 Å². The summed E-state index contributed by atoms with van der Waals surface area (Å²) in [5.74, 6) is 5.21. The summed E-state index contributed by atoms with van der Waals surface area (Å²) >= 11 is 0. The summed E-state index contributed by atoms with van der Waals surface area (Å²) in [6.45, 7) is 13.2. The van der Waals surface area contributed by atoms with E-state index in [0.29, 0.717) is 17.7 Å². The van der Waals surface area contributed by atoms with Crippen molar-refractivity contribution in [1.82, 2.24) is 28.7 Å². The standard InChI is InChI=1S/2C34H26N3O.C32H30N3O/c1-23-21-28-32(38-33(35-28)25-15-7-4-8-16-25)22-27(23)34-36(2)30-19-11-12-20-31(30)37(34)29-18-10-9-17-26(29)24-13-5-3-6-14-24;1-23-21-29-32(38-33(35-29)26-13-7-4-8-14-26)22-28(23)34-36(2)30-15-9-10-16-31(30)37(34)27-19-17-25(18-20-27)24-11-5-3-6-12-24;1-21-19-26-29(36-30(33-26)22-11-7-6-8-12-22)20-25(21)31-34(5)27-13-9-10-14-28(27)35(31)24-17-15-23(16-18-24)32(2,3)4/h2*3-22H,1-2H3;6-20H,1-5H3/q3*+1. The lowest BCUT2D eigenvalue weighted by Gasteiger charge is -2.18. The lowest BCUT2D eigenvalue weighted by Crippen LogP contribution is -2.30. The van der Waals surface area contributed by atoms with Crippen LogP contribution in [-0.2, 0) is 26.6 Å². The van der Waals surface area contributed by atoms with Crippen LogP contribution in [-0.4, -0.2) is 28.7 Å². The van der Waals surface area contributed by atoms with Crippen LogP contribution in [0.5, 0.6) is 0 Å². The van der Waals surface area contributed by atoms with Gasteiger partial charge in [0.15, 0.2) is 49.8 Å². The SMILES string of the molecule is Cc1cc2nc(-c3ccccc3)oc2cc1-c1n(-c2ccc(-c3ccccc3)cc2)c2ccccc2[n+]1C.Cc1cc2nc(-c3ccccc3)oc2cc1-c1n(-c2ccc(C(C)(C)C)cc2)c2ccccc2[n+]1C.Cc1cc2nc(-c3ccccc3)oc2cc1-c1n(-c2ccccc2-c2ccccc2)c2ccccc2[n+]1C. The van der Waals surface area contributed by atoms with E-state index in [0.717, 1.165) is 140 Å². The Morgan fingerprint density at radius 2 is 0.571 bits per heavy atom. The third-order valence-electron chi connectivity index (χ3n) is 21.5. The molecular weight excluding hydrogens is 1380 g/mol. The summed E-state index contributed by atoms with van der Waals surface area (Å²) in [6, 6.07) is 116. The summed E-state index contributed by atoms with van der Waals surface area (Å²) in [7, 11) is 6.40. The second-order valence-corrected chi connectivity index (χ2v) is 29.8. The van der Waals surface area contributed by atoms with E-state index in [4.69, 9.17) is 28.2 Å². The topological polar surface area (TPSA) is 105 Å². The van der Waals surface area contributed by atoms with Gasteiger partial charge in [-0.25, -0.2) is 28.7 Å². The van der Waals surface area contributed by atoms with E-state index in [1.807, 2.05) is 97.1 Å². The predicted molar refractivity (Wildman–Crippen MR) is 452 cm³/mol. The molecule has 0 bridgehead atoms. The number of oxazole rings is 3. The van der Waals surface area contributed by atoms with Crippen LogP contribution in [0.4, 0.5) is 0 Å². The molecule has 0 radical (unpaired) electrons. The molecule has 12 nitrogen and oxygen atoms in total. The van der Waals surface area contributed by atoms with Gasteiger partial charge < -0.3 is 13.3 Å². The number of para-hydroxylation sites is 7. The van der Waals surface area contributed by atoms with Crippen molar-refractivity contribution in [3.05, 3.63) is 356 Å². The van der Waals surface area contributed by atoms with Crippen molar-refractivity contribution in [1.29, 1.82) is 0 Å². The summed E-state index contributed by atoms with van der Waals surface area (Å²) in [4.78, 5) is 14.4. The first kappa shape index (κ1) is 69.6. The average Bonchev–Trinajstić information content (AvgIpc) is 1.59. The maximum absolute atomic E-state index is 6.29. The van der Waals surface area contributed by atoms with Gasteiger partial charge in [-0.1, -0.05) is 215 Å². The van der Waals surface area contributed by atoms with E-state index < -0.39 is 0 Å². The van der Waals surface area contributed by atoms with Gasteiger partial charge in [-0.3, -0.25) is 0 Å². The van der Waals surface area contributed by atoms with E-state index in [2.05, 4.69) is 327 Å². The summed E-state index contributed by atoms with van der Waals surface area (Å²) < 4.78 is 32.7. The molecule has 14 aromatic carbocycles. The lowest BCUT2D eigenvalue weighted by atomic mass is 9.87. The minimum absolute atomic E-state index is 0.106. The Morgan fingerprint density at radius 1 is 0.277 bits per heavy atom. The molecule has 20 aromatic rings. The average molecular weight is 1460 g/mol.